The molecule has 0 saturated carbocycles. The van der Waals surface area contributed by atoms with E-state index in [0.29, 0.717) is 19.8 Å². The molecule has 2 unspecified atom stereocenters. The zero-order chi connectivity index (χ0) is 15.0. The molecule has 20 heavy (non-hydrogen) atoms. The molecular weight excluding hydrogens is 326 g/mol. The van der Waals surface area contributed by atoms with E-state index in [1.54, 1.807) is 13.8 Å². The fraction of sp³-hybridized carbons (Fsp3) is 0.714. The summed E-state index contributed by atoms with van der Waals surface area (Å²) >= 11 is 3.32. The van der Waals surface area contributed by atoms with Gasteiger partial charge in [-0.25, -0.2) is 9.59 Å². The maximum Gasteiger partial charge on any atom is 0.410 e. The molecule has 6 heteroatoms. The number of carbonyl (C=O) groups is 2. The van der Waals surface area contributed by atoms with Crippen LogP contribution in [0.4, 0.5) is 4.79 Å². The van der Waals surface area contributed by atoms with Crippen LogP contribution in [0.25, 0.3) is 0 Å². The average Bonchev–Trinajstić information content (AvgIpc) is 2.83. The van der Waals surface area contributed by atoms with Crippen LogP contribution < -0.4 is 0 Å². The van der Waals surface area contributed by atoms with E-state index >= 15 is 0 Å². The van der Waals surface area contributed by atoms with Crippen LogP contribution in [-0.2, 0) is 14.3 Å². The number of likely N-dealkylation sites (tertiary alicyclic amines) is 1. The Kier molecular flexibility index (Phi) is 7.65. The molecule has 5 nitrogen and oxygen atoms in total. The number of amides is 1. The first kappa shape index (κ1) is 17.0. The second kappa shape index (κ2) is 9.00. The summed E-state index contributed by atoms with van der Waals surface area (Å²) in [5.74, 6) is -0.246. The highest BCUT2D eigenvalue weighted by atomic mass is 79.9. The summed E-state index contributed by atoms with van der Waals surface area (Å²) in [5.41, 5.74) is 0. The van der Waals surface area contributed by atoms with Gasteiger partial charge >= 0.3 is 12.1 Å². The molecule has 2 atom stereocenters. The number of halogens is 1. The first-order chi connectivity index (χ1) is 9.65. The Morgan fingerprint density at radius 2 is 1.95 bits per heavy atom. The quantitative estimate of drug-likeness (QED) is 0.421. The minimum Gasteiger partial charge on any atom is -0.464 e. The van der Waals surface area contributed by atoms with Gasteiger partial charge in [-0.15, -0.1) is 0 Å². The number of carbonyl (C=O) groups excluding carboxylic acids is 2. The van der Waals surface area contributed by atoms with Crippen LogP contribution in [0.1, 0.15) is 26.7 Å². The van der Waals surface area contributed by atoms with Gasteiger partial charge in [0.05, 0.1) is 13.2 Å². The van der Waals surface area contributed by atoms with E-state index in [-0.39, 0.29) is 11.9 Å². The summed E-state index contributed by atoms with van der Waals surface area (Å²) in [5, 5.41) is 0.783. The van der Waals surface area contributed by atoms with Gasteiger partial charge in [-0.1, -0.05) is 28.1 Å². The van der Waals surface area contributed by atoms with Crippen LogP contribution in [0.3, 0.4) is 0 Å². The number of rotatable bonds is 6. The number of allylic oxidation sites excluding steroid dienone is 2. The Bertz CT molecular complexity index is 359. The number of hydrogen-bond donors (Lipinski definition) is 0. The zero-order valence-corrected chi connectivity index (χ0v) is 13.6. The Morgan fingerprint density at radius 1 is 1.25 bits per heavy atom. The molecule has 0 radical (unpaired) electrons. The molecule has 0 bridgehead atoms. The van der Waals surface area contributed by atoms with Crippen LogP contribution in [-0.4, -0.2) is 48.1 Å². The first-order valence-corrected chi connectivity index (χ1v) is 8.08. The van der Waals surface area contributed by atoms with E-state index in [1.165, 1.54) is 4.90 Å². The molecule has 0 spiro atoms. The Hall–Kier alpha value is -1.04. The minimum atomic E-state index is -0.533. The maximum atomic E-state index is 12.1. The summed E-state index contributed by atoms with van der Waals surface area (Å²) in [4.78, 5) is 25.5. The summed E-state index contributed by atoms with van der Waals surface area (Å²) in [6, 6.07) is -0.533. The van der Waals surface area contributed by atoms with Crippen LogP contribution in [0.15, 0.2) is 12.2 Å². The van der Waals surface area contributed by atoms with E-state index in [0.717, 1.165) is 18.2 Å². The Balaban J connectivity index is 2.77. The third-order valence-corrected chi connectivity index (χ3v) is 3.62. The standard InChI is InChI=1S/C14H22BrNO4/c1-3-19-13(17)12-11(7-5-6-9-15)8-10-16(12)14(18)20-4-2/h5-6,11-12H,3-4,7-10H2,1-2H3. The van der Waals surface area contributed by atoms with Crippen molar-refractivity contribution in [1.82, 2.24) is 4.90 Å². The second-order valence-electron chi connectivity index (χ2n) is 4.50. The summed E-state index contributed by atoms with van der Waals surface area (Å²) in [7, 11) is 0. The van der Waals surface area contributed by atoms with E-state index in [9.17, 15) is 9.59 Å². The Morgan fingerprint density at radius 3 is 2.55 bits per heavy atom. The lowest BCUT2D eigenvalue weighted by Crippen LogP contribution is -2.44. The van der Waals surface area contributed by atoms with Gasteiger partial charge in [0, 0.05) is 11.9 Å². The number of nitrogens with zero attached hydrogens (tertiary/aromatic N) is 1. The Labute approximate surface area is 128 Å². The summed E-state index contributed by atoms with van der Waals surface area (Å²) in [6.45, 7) is 4.68. The van der Waals surface area contributed by atoms with Crippen molar-refractivity contribution in [2.75, 3.05) is 25.1 Å². The van der Waals surface area contributed by atoms with E-state index < -0.39 is 12.1 Å². The lowest BCUT2D eigenvalue weighted by atomic mass is 9.96. The van der Waals surface area contributed by atoms with Crippen molar-refractivity contribution in [1.29, 1.82) is 0 Å². The molecule has 1 saturated heterocycles. The van der Waals surface area contributed by atoms with Gasteiger partial charge in [-0.05, 0) is 32.6 Å². The number of hydrogen-bond acceptors (Lipinski definition) is 4. The minimum absolute atomic E-state index is 0.0914. The largest absolute Gasteiger partial charge is 0.464 e. The number of alkyl halides is 1. The molecule has 0 aliphatic carbocycles. The van der Waals surface area contributed by atoms with Crippen molar-refractivity contribution in [2.45, 2.75) is 32.7 Å². The van der Waals surface area contributed by atoms with Crippen molar-refractivity contribution in [2.24, 2.45) is 5.92 Å². The monoisotopic (exact) mass is 347 g/mol. The van der Waals surface area contributed by atoms with Crippen molar-refractivity contribution in [3.8, 4) is 0 Å². The van der Waals surface area contributed by atoms with Gasteiger partial charge in [0.15, 0.2) is 0 Å². The van der Waals surface area contributed by atoms with Crippen molar-refractivity contribution < 1.29 is 19.1 Å². The van der Waals surface area contributed by atoms with Crippen molar-refractivity contribution in [3.63, 3.8) is 0 Å². The highest BCUT2D eigenvalue weighted by Crippen LogP contribution is 2.29. The average molecular weight is 348 g/mol. The van der Waals surface area contributed by atoms with E-state index in [1.807, 2.05) is 12.2 Å². The summed E-state index contributed by atoms with van der Waals surface area (Å²) in [6.07, 6.45) is 5.13. The fourth-order valence-electron chi connectivity index (χ4n) is 2.40. The second-order valence-corrected chi connectivity index (χ2v) is 5.15. The fourth-order valence-corrected chi connectivity index (χ4v) is 2.66. The van der Waals surface area contributed by atoms with Gasteiger partial charge < -0.3 is 9.47 Å². The smallest absolute Gasteiger partial charge is 0.410 e. The lowest BCUT2D eigenvalue weighted by Gasteiger charge is -2.25. The van der Waals surface area contributed by atoms with Crippen molar-refractivity contribution >= 4 is 28.0 Å². The summed E-state index contributed by atoms with van der Waals surface area (Å²) < 4.78 is 10.1. The van der Waals surface area contributed by atoms with Crippen molar-refractivity contribution in [3.05, 3.63) is 12.2 Å². The molecule has 0 aromatic rings. The highest BCUT2D eigenvalue weighted by molar-refractivity contribution is 9.09. The number of esters is 1. The molecule has 1 amide bonds. The molecule has 114 valence electrons. The van der Waals surface area contributed by atoms with Gasteiger partial charge in [-0.3, -0.25) is 4.90 Å². The van der Waals surface area contributed by atoms with Gasteiger partial charge in [0.1, 0.15) is 6.04 Å². The molecular formula is C14H22BrNO4. The molecule has 1 fully saturated rings. The highest BCUT2D eigenvalue weighted by Gasteiger charge is 2.42. The van der Waals surface area contributed by atoms with Gasteiger partial charge in [0.2, 0.25) is 0 Å². The molecule has 1 aliphatic heterocycles. The molecule has 1 rings (SSSR count). The molecule has 1 heterocycles. The number of ether oxygens (including phenoxy) is 2. The van der Waals surface area contributed by atoms with Gasteiger partial charge in [0.25, 0.3) is 0 Å². The normalized spacial score (nSPS) is 22.2. The van der Waals surface area contributed by atoms with Gasteiger partial charge in [-0.2, -0.15) is 0 Å². The first-order valence-electron chi connectivity index (χ1n) is 6.96. The van der Waals surface area contributed by atoms with Crippen LogP contribution in [0.2, 0.25) is 0 Å². The van der Waals surface area contributed by atoms with Crippen LogP contribution in [0, 0.1) is 5.92 Å². The third kappa shape index (κ3) is 4.51. The SMILES string of the molecule is CCOC(=O)C1C(CC=CCBr)CCN1C(=O)OCC. The molecule has 0 N–H and O–H groups in total. The molecule has 0 aromatic carbocycles. The van der Waals surface area contributed by atoms with E-state index in [4.69, 9.17) is 9.47 Å². The third-order valence-electron chi connectivity index (χ3n) is 3.25. The van der Waals surface area contributed by atoms with Crippen LogP contribution >= 0.6 is 15.9 Å². The molecule has 0 aromatic heterocycles. The predicted octanol–water partition coefficient (Wildman–Crippen LogP) is 2.74. The maximum absolute atomic E-state index is 12.1. The predicted molar refractivity (Wildman–Crippen MR) is 79.8 cm³/mol. The van der Waals surface area contributed by atoms with E-state index in [2.05, 4.69) is 15.9 Å². The molecule has 1 aliphatic rings. The lowest BCUT2D eigenvalue weighted by molar-refractivity contribution is -0.149. The topological polar surface area (TPSA) is 55.8 Å². The zero-order valence-electron chi connectivity index (χ0n) is 12.0. The van der Waals surface area contributed by atoms with Crippen LogP contribution in [0.5, 0.6) is 0 Å².